The second-order valence-corrected chi connectivity index (χ2v) is 7.04. The standard InChI is InChI=1S/C18H17NS2/c1-13(2)15-8-5-14(6-9-15)7-10-18-19-16(12-21-18)17-4-3-11-20-17/h3-13H,1-2H3. The number of rotatable bonds is 4. The Kier molecular flexibility index (Phi) is 4.32. The summed E-state index contributed by atoms with van der Waals surface area (Å²) in [5.41, 5.74) is 3.67. The van der Waals surface area contributed by atoms with Crippen LogP contribution in [0.3, 0.4) is 0 Å². The Balaban J connectivity index is 1.74. The predicted octanol–water partition coefficient (Wildman–Crippen LogP) is 6.17. The smallest absolute Gasteiger partial charge is 0.116 e. The van der Waals surface area contributed by atoms with Crippen molar-refractivity contribution in [3.63, 3.8) is 0 Å². The van der Waals surface area contributed by atoms with Crippen LogP contribution in [0.15, 0.2) is 47.2 Å². The van der Waals surface area contributed by atoms with Gasteiger partial charge in [0.1, 0.15) is 5.01 Å². The molecule has 0 fully saturated rings. The van der Waals surface area contributed by atoms with E-state index in [2.05, 4.69) is 78.1 Å². The first-order chi connectivity index (χ1) is 10.2. The molecule has 0 atom stereocenters. The van der Waals surface area contributed by atoms with Crippen molar-refractivity contribution in [2.75, 3.05) is 0 Å². The van der Waals surface area contributed by atoms with Crippen molar-refractivity contribution in [1.82, 2.24) is 4.98 Å². The van der Waals surface area contributed by atoms with E-state index in [1.807, 2.05) is 0 Å². The van der Waals surface area contributed by atoms with Gasteiger partial charge in [0.25, 0.3) is 0 Å². The van der Waals surface area contributed by atoms with E-state index < -0.39 is 0 Å². The number of aromatic nitrogens is 1. The van der Waals surface area contributed by atoms with Gasteiger partial charge in [-0.15, -0.1) is 22.7 Å². The van der Waals surface area contributed by atoms with E-state index >= 15 is 0 Å². The maximum Gasteiger partial charge on any atom is 0.116 e. The van der Waals surface area contributed by atoms with Crippen molar-refractivity contribution < 1.29 is 0 Å². The summed E-state index contributed by atoms with van der Waals surface area (Å²) in [7, 11) is 0. The quantitative estimate of drug-likeness (QED) is 0.562. The number of hydrogen-bond acceptors (Lipinski definition) is 3. The fourth-order valence-electron chi connectivity index (χ4n) is 2.06. The van der Waals surface area contributed by atoms with E-state index in [-0.39, 0.29) is 0 Å². The molecule has 0 N–H and O–H groups in total. The molecule has 21 heavy (non-hydrogen) atoms. The van der Waals surface area contributed by atoms with Crippen LogP contribution in [0.5, 0.6) is 0 Å². The lowest BCUT2D eigenvalue weighted by Gasteiger charge is -2.04. The van der Waals surface area contributed by atoms with Crippen molar-refractivity contribution in [3.8, 4) is 10.6 Å². The zero-order valence-corrected chi connectivity index (χ0v) is 13.7. The molecular formula is C18H17NS2. The molecule has 0 bridgehead atoms. The van der Waals surface area contributed by atoms with Crippen molar-refractivity contribution in [2.45, 2.75) is 19.8 Å². The third kappa shape index (κ3) is 3.49. The van der Waals surface area contributed by atoms with E-state index in [9.17, 15) is 0 Å². The van der Waals surface area contributed by atoms with Gasteiger partial charge in [-0.2, -0.15) is 0 Å². The topological polar surface area (TPSA) is 12.9 Å². The van der Waals surface area contributed by atoms with Crippen LogP contribution < -0.4 is 0 Å². The third-order valence-electron chi connectivity index (χ3n) is 3.32. The van der Waals surface area contributed by atoms with Gasteiger partial charge < -0.3 is 0 Å². The highest BCUT2D eigenvalue weighted by Gasteiger charge is 2.03. The zero-order valence-electron chi connectivity index (χ0n) is 12.1. The molecule has 0 aliphatic carbocycles. The molecule has 0 spiro atoms. The second kappa shape index (κ2) is 6.37. The molecule has 106 valence electrons. The average molecular weight is 311 g/mol. The highest BCUT2D eigenvalue weighted by molar-refractivity contribution is 7.14. The molecule has 0 radical (unpaired) electrons. The molecule has 0 saturated heterocycles. The lowest BCUT2D eigenvalue weighted by molar-refractivity contribution is 0.866. The van der Waals surface area contributed by atoms with E-state index in [1.165, 1.54) is 16.0 Å². The summed E-state index contributed by atoms with van der Waals surface area (Å²) in [4.78, 5) is 5.88. The fourth-order valence-corrected chi connectivity index (χ4v) is 3.53. The zero-order chi connectivity index (χ0) is 14.7. The minimum Gasteiger partial charge on any atom is -0.236 e. The van der Waals surface area contributed by atoms with Crippen molar-refractivity contribution in [1.29, 1.82) is 0 Å². The van der Waals surface area contributed by atoms with Crippen LogP contribution in [0.2, 0.25) is 0 Å². The SMILES string of the molecule is CC(C)c1ccc(C=Cc2nc(-c3cccs3)cs2)cc1. The Morgan fingerprint density at radius 3 is 2.48 bits per heavy atom. The fraction of sp³-hybridized carbons (Fsp3) is 0.167. The maximum absolute atomic E-state index is 4.66. The molecule has 0 saturated carbocycles. The molecule has 3 aromatic rings. The number of nitrogens with zero attached hydrogens (tertiary/aromatic N) is 1. The highest BCUT2D eigenvalue weighted by Crippen LogP contribution is 2.26. The highest BCUT2D eigenvalue weighted by atomic mass is 32.1. The van der Waals surface area contributed by atoms with Crippen molar-refractivity contribution >= 4 is 34.8 Å². The van der Waals surface area contributed by atoms with Crippen molar-refractivity contribution in [3.05, 3.63) is 63.3 Å². The normalized spacial score (nSPS) is 11.6. The van der Waals surface area contributed by atoms with Crippen LogP contribution in [0, 0.1) is 0 Å². The summed E-state index contributed by atoms with van der Waals surface area (Å²) in [5, 5.41) is 5.25. The summed E-state index contributed by atoms with van der Waals surface area (Å²) in [6.07, 6.45) is 4.22. The molecule has 0 amide bonds. The predicted molar refractivity (Wildman–Crippen MR) is 94.9 cm³/mol. The Hall–Kier alpha value is -1.71. The maximum atomic E-state index is 4.66. The lowest BCUT2D eigenvalue weighted by atomic mass is 10.0. The van der Waals surface area contributed by atoms with Gasteiger partial charge in [-0.1, -0.05) is 50.3 Å². The number of benzene rings is 1. The van der Waals surface area contributed by atoms with Crippen LogP contribution in [0.4, 0.5) is 0 Å². The van der Waals surface area contributed by atoms with Gasteiger partial charge in [0.05, 0.1) is 10.6 Å². The summed E-state index contributed by atoms with van der Waals surface area (Å²) in [6.45, 7) is 4.43. The molecule has 0 aliphatic heterocycles. The Morgan fingerprint density at radius 2 is 1.81 bits per heavy atom. The third-order valence-corrected chi connectivity index (χ3v) is 5.02. The van der Waals surface area contributed by atoms with Crippen LogP contribution in [-0.2, 0) is 0 Å². The van der Waals surface area contributed by atoms with Crippen LogP contribution in [0.25, 0.3) is 22.7 Å². The molecule has 0 unspecified atom stereocenters. The molecule has 2 heterocycles. The largest absolute Gasteiger partial charge is 0.236 e. The van der Waals surface area contributed by atoms with Gasteiger partial charge >= 0.3 is 0 Å². The molecular weight excluding hydrogens is 294 g/mol. The van der Waals surface area contributed by atoms with E-state index in [1.54, 1.807) is 22.7 Å². The molecule has 1 aromatic carbocycles. The minimum absolute atomic E-state index is 0.579. The average Bonchev–Trinajstić information content (AvgIpc) is 3.16. The van der Waals surface area contributed by atoms with E-state index in [0.29, 0.717) is 5.92 Å². The lowest BCUT2D eigenvalue weighted by Crippen LogP contribution is -1.85. The molecule has 3 heteroatoms. The van der Waals surface area contributed by atoms with Crippen molar-refractivity contribution in [2.24, 2.45) is 0 Å². The van der Waals surface area contributed by atoms with Crippen LogP contribution in [0.1, 0.15) is 35.9 Å². The monoisotopic (exact) mass is 311 g/mol. The summed E-state index contributed by atoms with van der Waals surface area (Å²) in [6, 6.07) is 12.9. The van der Waals surface area contributed by atoms with Gasteiger partial charge in [-0.25, -0.2) is 4.98 Å². The number of thiophene rings is 1. The first-order valence-corrected chi connectivity index (χ1v) is 8.76. The molecule has 3 rings (SSSR count). The summed E-state index contributed by atoms with van der Waals surface area (Å²) < 4.78 is 0. The number of hydrogen-bond donors (Lipinski definition) is 0. The minimum atomic E-state index is 0.579. The number of thiazole rings is 1. The molecule has 1 nitrogen and oxygen atoms in total. The van der Waals surface area contributed by atoms with Gasteiger partial charge in [-0.05, 0) is 34.6 Å². The van der Waals surface area contributed by atoms with Gasteiger partial charge in [0.15, 0.2) is 0 Å². The van der Waals surface area contributed by atoms with Gasteiger partial charge in [-0.3, -0.25) is 0 Å². The Morgan fingerprint density at radius 1 is 1.00 bits per heavy atom. The van der Waals surface area contributed by atoms with Gasteiger partial charge in [0.2, 0.25) is 0 Å². The molecule has 2 aromatic heterocycles. The first-order valence-electron chi connectivity index (χ1n) is 7.00. The first kappa shape index (κ1) is 14.2. The van der Waals surface area contributed by atoms with Crippen LogP contribution >= 0.6 is 22.7 Å². The van der Waals surface area contributed by atoms with Crippen LogP contribution in [-0.4, -0.2) is 4.98 Å². The second-order valence-electron chi connectivity index (χ2n) is 5.20. The van der Waals surface area contributed by atoms with E-state index in [0.717, 1.165) is 10.7 Å². The summed E-state index contributed by atoms with van der Waals surface area (Å²) in [5.74, 6) is 0.579. The van der Waals surface area contributed by atoms with Gasteiger partial charge in [0, 0.05) is 5.38 Å². The van der Waals surface area contributed by atoms with E-state index in [4.69, 9.17) is 0 Å². The molecule has 0 aliphatic rings. The Labute approximate surface area is 133 Å². The Bertz CT molecular complexity index is 719. The summed E-state index contributed by atoms with van der Waals surface area (Å²) >= 11 is 3.41.